The maximum Gasteiger partial charge on any atom is 0.235 e. The molecule has 150 heavy (non-hydrogen) atoms. The van der Waals surface area contributed by atoms with Gasteiger partial charge in [-0.15, -0.1) is 0 Å². The fourth-order valence-corrected chi connectivity index (χ4v) is 24.2. The molecule has 0 amide bonds. The normalized spacial score (nSPS) is 12.1. The number of imidazole rings is 3. The molecule has 0 saturated heterocycles. The van der Waals surface area contributed by atoms with Crippen LogP contribution in [0.2, 0.25) is 0 Å². The van der Waals surface area contributed by atoms with Crippen LogP contribution in [0.5, 0.6) is 0 Å². The maximum atomic E-state index is 5.47. The van der Waals surface area contributed by atoms with E-state index < -0.39 is 0 Å². The largest absolute Gasteiger partial charge is 0.309 e. The highest BCUT2D eigenvalue weighted by atomic mass is 15.2. The van der Waals surface area contributed by atoms with Gasteiger partial charge in [-0.05, 0) is 170 Å². The number of para-hydroxylation sites is 3. The van der Waals surface area contributed by atoms with Crippen molar-refractivity contribution < 1.29 is 0 Å². The molecule has 0 N–H and O–H groups in total. The molecule has 0 bridgehead atoms. The van der Waals surface area contributed by atoms with Crippen molar-refractivity contribution in [1.29, 1.82) is 0 Å². The Kier molecular flexibility index (Phi) is 18.0. The fourth-order valence-electron chi connectivity index (χ4n) is 24.2. The first-order valence-electron chi connectivity index (χ1n) is 50.7. The zero-order valence-electron chi connectivity index (χ0n) is 80.3. The Morgan fingerprint density at radius 1 is 0.147 bits per heavy atom. The molecule has 0 saturated carbocycles. The van der Waals surface area contributed by atoms with Crippen molar-refractivity contribution in [3.05, 3.63) is 479 Å². The Morgan fingerprint density at radius 3 is 0.873 bits per heavy atom. The highest BCUT2D eigenvalue weighted by Crippen LogP contribution is 2.51. The molecule has 34 aromatic rings. The predicted octanol–water partition coefficient (Wildman–Crippen LogP) is 33.5. The minimum Gasteiger partial charge on any atom is -0.309 e. The van der Waals surface area contributed by atoms with E-state index in [-0.39, 0.29) is 0 Å². The zero-order valence-corrected chi connectivity index (χ0v) is 80.3. The topological polar surface area (TPSA) is 144 Å². The number of nitrogens with zero attached hydrogens (tertiary/aromatic N) is 15. The molecular formula is C135H79N15. The van der Waals surface area contributed by atoms with E-state index >= 15 is 0 Å². The van der Waals surface area contributed by atoms with Crippen LogP contribution in [0.15, 0.2) is 479 Å². The monoisotopic (exact) mass is 1910 g/mol. The molecule has 0 aliphatic rings. The Bertz CT molecular complexity index is 11600. The van der Waals surface area contributed by atoms with Gasteiger partial charge >= 0.3 is 0 Å². The van der Waals surface area contributed by atoms with E-state index in [1.165, 1.54) is 70.2 Å². The maximum absolute atomic E-state index is 5.47. The summed E-state index contributed by atoms with van der Waals surface area (Å²) in [6.45, 7) is 0. The van der Waals surface area contributed by atoms with Crippen LogP contribution in [0, 0.1) is 0 Å². The Balaban J connectivity index is 0.0000000995. The van der Waals surface area contributed by atoms with E-state index in [2.05, 4.69) is 482 Å². The lowest BCUT2D eigenvalue weighted by molar-refractivity contribution is 1.01. The number of rotatable bonds is 10. The van der Waals surface area contributed by atoms with Crippen LogP contribution in [0.3, 0.4) is 0 Å². The average molecular weight is 1910 g/mol. The number of hydrogen-bond donors (Lipinski definition) is 0. The van der Waals surface area contributed by atoms with Crippen molar-refractivity contribution in [2.45, 2.75) is 0 Å². The number of fused-ring (bicyclic) bond motifs is 15. The van der Waals surface area contributed by atoms with Gasteiger partial charge in [-0.3, -0.25) is 22.3 Å². The number of aromatic nitrogens is 15. The zero-order chi connectivity index (χ0) is 98.0. The summed E-state index contributed by atoms with van der Waals surface area (Å²) in [5.74, 6) is 4.27. The molecule has 0 atom stereocenters. The quantitative estimate of drug-likeness (QED) is 0.122. The number of benzene rings is 22. The van der Waals surface area contributed by atoms with Gasteiger partial charge in [0.15, 0.2) is 5.82 Å². The summed E-state index contributed by atoms with van der Waals surface area (Å²) < 4.78 is 14.1. The average Bonchev–Trinajstić information content (AvgIpc) is 1.53. The van der Waals surface area contributed by atoms with Gasteiger partial charge in [-0.25, -0.2) is 44.9 Å². The first kappa shape index (κ1) is 83.0. The van der Waals surface area contributed by atoms with Gasteiger partial charge < -0.3 is 4.57 Å². The van der Waals surface area contributed by atoms with Crippen molar-refractivity contribution >= 4 is 213 Å². The van der Waals surface area contributed by atoms with Crippen molar-refractivity contribution in [1.82, 2.24) is 71.8 Å². The van der Waals surface area contributed by atoms with Gasteiger partial charge in [0.05, 0.1) is 127 Å². The van der Waals surface area contributed by atoms with E-state index in [1.54, 1.807) is 0 Å². The second-order valence-corrected chi connectivity index (χ2v) is 39.0. The third-order valence-corrected chi connectivity index (χ3v) is 30.6. The van der Waals surface area contributed by atoms with E-state index in [0.29, 0.717) is 5.95 Å². The molecule has 15 nitrogen and oxygen atoms in total. The third-order valence-electron chi connectivity index (χ3n) is 30.6. The third kappa shape index (κ3) is 12.5. The minimum atomic E-state index is 0.649. The summed E-state index contributed by atoms with van der Waals surface area (Å²) in [4.78, 5) is 47.9. The predicted molar refractivity (Wildman–Crippen MR) is 617 cm³/mol. The summed E-state index contributed by atoms with van der Waals surface area (Å²) in [5.41, 5.74) is 32.7. The minimum absolute atomic E-state index is 0.649. The first-order chi connectivity index (χ1) is 74.4. The molecule has 12 aromatic heterocycles. The summed E-state index contributed by atoms with van der Waals surface area (Å²) in [7, 11) is 0. The van der Waals surface area contributed by atoms with E-state index in [1.807, 2.05) is 24.3 Å². The van der Waals surface area contributed by atoms with E-state index in [9.17, 15) is 0 Å². The summed E-state index contributed by atoms with van der Waals surface area (Å²) in [6, 6.07) is 169. The molecule has 22 aromatic carbocycles. The summed E-state index contributed by atoms with van der Waals surface area (Å²) >= 11 is 0. The van der Waals surface area contributed by atoms with Gasteiger partial charge in [0.1, 0.15) is 23.2 Å². The smallest absolute Gasteiger partial charge is 0.235 e. The van der Waals surface area contributed by atoms with Gasteiger partial charge in [-0.2, -0.15) is 0 Å². The highest BCUT2D eigenvalue weighted by molar-refractivity contribution is 6.34. The Labute approximate surface area is 854 Å². The molecule has 0 fully saturated rings. The molecule has 34 rings (SSSR count). The van der Waals surface area contributed by atoms with Gasteiger partial charge in [0, 0.05) is 98.5 Å². The van der Waals surface area contributed by atoms with Crippen LogP contribution in [0.4, 0.5) is 0 Å². The number of hydrogen-bond acceptors (Lipinski definition) is 9. The van der Waals surface area contributed by atoms with Crippen molar-refractivity contribution in [2.24, 2.45) is 0 Å². The van der Waals surface area contributed by atoms with Gasteiger partial charge in [-0.1, -0.05) is 358 Å². The van der Waals surface area contributed by atoms with Crippen LogP contribution in [0.25, 0.3) is 309 Å². The fraction of sp³-hybridized carbons (Fsp3) is 0. The SMILES string of the molecule is c1ccc(-c2nc(-n3c4cccc5c6ccccc6n6c(-c7ccccc7)nc7ccc3c(c54)c76)nc3cc4ccccc4cc23)cc1.c1ccc(-c2nc3cc4ccc(-n5c6cccc7c8ccccc8n8c(-c9ccccc9)nc9ccc5c(c76)c98)cc4cc3nc2-c2ccccc2)cc1.c1ccc(-c2nc3cc4ccccc4cc3nc2-n2c3cccc4c5ccccc5n5c(-c6ccccc6)nc6ccc2c(c43)c65)cc1. The summed E-state index contributed by atoms with van der Waals surface area (Å²) in [5, 5.41) is 22.2. The van der Waals surface area contributed by atoms with Gasteiger partial charge in [0.25, 0.3) is 0 Å². The summed E-state index contributed by atoms with van der Waals surface area (Å²) in [6.07, 6.45) is 0. The lowest BCUT2D eigenvalue weighted by atomic mass is 10.0. The Hall–Kier alpha value is -20.6. The second kappa shape index (κ2) is 32.5. The molecule has 694 valence electrons. The molecular weight excluding hydrogens is 1830 g/mol. The van der Waals surface area contributed by atoms with Gasteiger partial charge in [0.2, 0.25) is 5.95 Å². The lowest BCUT2D eigenvalue weighted by Gasteiger charge is -2.14. The molecule has 12 heterocycles. The van der Waals surface area contributed by atoms with E-state index in [0.717, 1.165) is 233 Å². The molecule has 0 radical (unpaired) electrons. The van der Waals surface area contributed by atoms with Crippen molar-refractivity contribution in [3.63, 3.8) is 0 Å². The van der Waals surface area contributed by atoms with Crippen LogP contribution in [-0.2, 0) is 0 Å². The molecule has 0 aliphatic heterocycles. The lowest BCUT2D eigenvalue weighted by Crippen LogP contribution is -2.04. The van der Waals surface area contributed by atoms with E-state index in [4.69, 9.17) is 44.9 Å². The van der Waals surface area contributed by atoms with Crippen LogP contribution in [0.1, 0.15) is 0 Å². The van der Waals surface area contributed by atoms with Crippen LogP contribution < -0.4 is 0 Å². The second-order valence-electron chi connectivity index (χ2n) is 39.0. The van der Waals surface area contributed by atoms with Crippen LogP contribution in [-0.4, -0.2) is 71.8 Å². The molecule has 0 spiro atoms. The molecule has 15 heteroatoms. The molecule has 0 unspecified atom stereocenters. The van der Waals surface area contributed by atoms with Crippen molar-refractivity contribution in [2.75, 3.05) is 0 Å². The Morgan fingerprint density at radius 2 is 0.447 bits per heavy atom. The highest BCUT2D eigenvalue weighted by Gasteiger charge is 2.32. The molecule has 0 aliphatic carbocycles. The van der Waals surface area contributed by atoms with Crippen LogP contribution >= 0.6 is 0 Å². The first-order valence-corrected chi connectivity index (χ1v) is 50.7. The standard InChI is InChI=1S/C49H29N5.2C43H25N5/c1-4-13-30(14-5-1)46-47(31-15-6-2-7-16-31)51-40-29-34-27-35(24-23-33(34)28-39(40)50-46)53-42-22-12-20-37-36-19-10-11-21-41(36)54-48-38(25-26-43(53)45(48)44(37)42)52-49(54)32-17-8-3-9-18-32;1-3-12-26(13-4-1)40-32-24-28-16-7-8-17-29(28)25-34(32)45-43(46-40)47-36-21-11-19-31-30-18-9-10-20-35(30)48-41-33(22-23-37(47)39(41)38(31)36)44-42(48)27-14-5-2-6-15-27;1-3-12-26(13-4-1)40-43(46-34-25-29-17-8-7-16-28(29)24-33(34)44-40)47-36-21-11-19-31-30-18-9-10-20-35(30)48-41-32(22-23-37(47)39(41)38(31)36)45-42(48)27-14-5-2-6-15-27/h1-29H;2*1-25H. The van der Waals surface area contributed by atoms with Crippen molar-refractivity contribution in [3.8, 4) is 96.6 Å².